The van der Waals surface area contributed by atoms with Crippen LogP contribution in [0.5, 0.6) is 0 Å². The summed E-state index contributed by atoms with van der Waals surface area (Å²) in [7, 11) is 0. The van der Waals surface area contributed by atoms with Crippen molar-refractivity contribution >= 4 is 17.2 Å². The van der Waals surface area contributed by atoms with Crippen molar-refractivity contribution in [2.45, 2.75) is 57.1 Å². The maximum Gasteiger partial charge on any atom is 0.264 e. The lowest BCUT2D eigenvalue weighted by molar-refractivity contribution is -0.0949. The Morgan fingerprint density at radius 1 is 1.38 bits per heavy atom. The Morgan fingerprint density at radius 3 is 2.92 bits per heavy atom. The van der Waals surface area contributed by atoms with Crippen LogP contribution in [0, 0.1) is 0 Å². The van der Waals surface area contributed by atoms with E-state index in [1.807, 2.05) is 4.90 Å². The predicted octanol–water partition coefficient (Wildman–Crippen LogP) is 2.62. The van der Waals surface area contributed by atoms with Crippen LogP contribution in [-0.4, -0.2) is 66.2 Å². The van der Waals surface area contributed by atoms with Gasteiger partial charge in [0.1, 0.15) is 5.60 Å². The van der Waals surface area contributed by atoms with Crippen molar-refractivity contribution < 1.29 is 14.6 Å². The average Bonchev–Trinajstić information content (AvgIpc) is 3.31. The summed E-state index contributed by atoms with van der Waals surface area (Å²) in [5.41, 5.74) is 1.14. The largest absolute Gasteiger partial charge is 0.394 e. The summed E-state index contributed by atoms with van der Waals surface area (Å²) < 4.78 is 6.34. The van der Waals surface area contributed by atoms with Crippen molar-refractivity contribution in [3.63, 3.8) is 0 Å². The van der Waals surface area contributed by atoms with Gasteiger partial charge >= 0.3 is 0 Å². The highest BCUT2D eigenvalue weighted by Gasteiger charge is 2.43. The van der Waals surface area contributed by atoms with Crippen LogP contribution in [0.15, 0.2) is 6.07 Å². The topological polar surface area (TPSA) is 53.0 Å². The van der Waals surface area contributed by atoms with E-state index < -0.39 is 0 Å². The van der Waals surface area contributed by atoms with Crippen molar-refractivity contribution in [3.05, 3.63) is 21.4 Å². The van der Waals surface area contributed by atoms with E-state index in [9.17, 15) is 9.90 Å². The molecule has 0 bridgehead atoms. The molecule has 0 aliphatic carbocycles. The van der Waals surface area contributed by atoms with Gasteiger partial charge in [0.15, 0.2) is 0 Å². The second-order valence-electron chi connectivity index (χ2n) is 7.88. The van der Waals surface area contributed by atoms with E-state index in [0.29, 0.717) is 0 Å². The van der Waals surface area contributed by atoms with Gasteiger partial charge in [0.25, 0.3) is 5.91 Å². The van der Waals surface area contributed by atoms with Crippen LogP contribution in [-0.2, 0) is 16.8 Å². The number of hydrogen-bond donors (Lipinski definition) is 1. The zero-order chi connectivity index (χ0) is 18.1. The standard InChI is InChI=1S/C20H30N2O3S/c1-2-8-21-10-6-20(7-11-21)18-15(5-12-25-20)13-17(26-18)19(24)22-9-3-4-16(22)14-23/h13,16,23H,2-12,14H2,1H3/t16-/m0/s1. The Balaban J connectivity index is 1.55. The second kappa shape index (κ2) is 7.58. The van der Waals surface area contributed by atoms with Crippen LogP contribution >= 0.6 is 11.3 Å². The van der Waals surface area contributed by atoms with Gasteiger partial charge in [0, 0.05) is 24.5 Å². The number of carbonyl (C=O) groups is 1. The zero-order valence-corrected chi connectivity index (χ0v) is 16.5. The number of amides is 1. The van der Waals surface area contributed by atoms with Gasteiger partial charge in [-0.2, -0.15) is 0 Å². The number of rotatable bonds is 4. The van der Waals surface area contributed by atoms with Crippen LogP contribution in [0.25, 0.3) is 0 Å². The summed E-state index contributed by atoms with van der Waals surface area (Å²) in [4.78, 5) is 19.5. The summed E-state index contributed by atoms with van der Waals surface area (Å²) >= 11 is 1.65. The summed E-state index contributed by atoms with van der Waals surface area (Å²) in [6.07, 6.45) is 6.05. The van der Waals surface area contributed by atoms with Gasteiger partial charge in [-0.05, 0) is 56.7 Å². The first-order valence-electron chi connectivity index (χ1n) is 10.1. The number of fused-ring (bicyclic) bond motifs is 2. The number of thiophene rings is 1. The molecule has 0 radical (unpaired) electrons. The molecule has 1 N–H and O–H groups in total. The number of aliphatic hydroxyl groups is 1. The molecule has 144 valence electrons. The third-order valence-corrected chi connectivity index (χ3v) is 7.59. The van der Waals surface area contributed by atoms with Gasteiger partial charge in [0.05, 0.1) is 24.1 Å². The van der Waals surface area contributed by atoms with Crippen molar-refractivity contribution in [1.29, 1.82) is 0 Å². The van der Waals surface area contributed by atoms with Gasteiger partial charge in [0.2, 0.25) is 0 Å². The minimum atomic E-state index is -0.178. The van der Waals surface area contributed by atoms with Gasteiger partial charge in [-0.1, -0.05) is 6.92 Å². The number of likely N-dealkylation sites (tertiary alicyclic amines) is 2. The Labute approximate surface area is 159 Å². The van der Waals surface area contributed by atoms with E-state index >= 15 is 0 Å². The fourth-order valence-corrected chi connectivity index (χ4v) is 6.15. The van der Waals surface area contributed by atoms with E-state index in [1.54, 1.807) is 11.3 Å². The van der Waals surface area contributed by atoms with Gasteiger partial charge < -0.3 is 19.6 Å². The molecule has 4 heterocycles. The fourth-order valence-electron chi connectivity index (χ4n) is 4.79. The quantitative estimate of drug-likeness (QED) is 0.875. The maximum atomic E-state index is 13.0. The molecule has 2 fully saturated rings. The molecule has 0 saturated carbocycles. The highest BCUT2D eigenvalue weighted by atomic mass is 32.1. The van der Waals surface area contributed by atoms with Crippen molar-refractivity contribution in [2.24, 2.45) is 0 Å². The molecule has 0 unspecified atom stereocenters. The molecule has 1 spiro atoms. The Bertz CT molecular complexity index is 651. The molecule has 3 aliphatic heterocycles. The van der Waals surface area contributed by atoms with Crippen LogP contribution in [0.2, 0.25) is 0 Å². The predicted molar refractivity (Wildman–Crippen MR) is 103 cm³/mol. The summed E-state index contributed by atoms with van der Waals surface area (Å²) in [6.45, 7) is 7.13. The van der Waals surface area contributed by atoms with Crippen molar-refractivity contribution in [3.8, 4) is 0 Å². The number of nitrogens with zero attached hydrogens (tertiary/aromatic N) is 2. The Kier molecular flexibility index (Phi) is 5.37. The third-order valence-electron chi connectivity index (χ3n) is 6.24. The molecule has 5 nitrogen and oxygen atoms in total. The molecule has 6 heteroatoms. The lowest BCUT2D eigenvalue weighted by Crippen LogP contribution is -2.46. The molecular weight excluding hydrogens is 348 g/mol. The van der Waals surface area contributed by atoms with Gasteiger partial charge in [-0.15, -0.1) is 11.3 Å². The molecule has 2 saturated heterocycles. The number of carbonyl (C=O) groups excluding carboxylic acids is 1. The summed E-state index contributed by atoms with van der Waals surface area (Å²) in [6, 6.07) is 2.10. The van der Waals surface area contributed by atoms with E-state index in [2.05, 4.69) is 17.9 Å². The first kappa shape index (κ1) is 18.4. The number of ether oxygens (including phenoxy) is 1. The molecule has 1 aromatic rings. The van der Waals surface area contributed by atoms with Crippen LogP contribution < -0.4 is 0 Å². The van der Waals surface area contributed by atoms with Crippen LogP contribution in [0.3, 0.4) is 0 Å². The summed E-state index contributed by atoms with van der Waals surface area (Å²) in [5, 5.41) is 9.55. The second-order valence-corrected chi connectivity index (χ2v) is 8.93. The average molecular weight is 379 g/mol. The monoisotopic (exact) mass is 378 g/mol. The molecule has 1 aromatic heterocycles. The van der Waals surface area contributed by atoms with E-state index in [4.69, 9.17) is 4.74 Å². The summed E-state index contributed by atoms with van der Waals surface area (Å²) in [5.74, 6) is 0.0968. The smallest absolute Gasteiger partial charge is 0.264 e. The molecule has 1 atom stereocenters. The molecule has 0 aromatic carbocycles. The first-order valence-corrected chi connectivity index (χ1v) is 10.9. The van der Waals surface area contributed by atoms with Gasteiger partial charge in [-0.3, -0.25) is 4.79 Å². The lowest BCUT2D eigenvalue weighted by atomic mass is 9.85. The minimum Gasteiger partial charge on any atom is -0.394 e. The molecule has 4 rings (SSSR count). The molecule has 1 amide bonds. The normalized spacial score (nSPS) is 25.6. The van der Waals surface area contributed by atoms with Crippen LogP contribution in [0.4, 0.5) is 0 Å². The van der Waals surface area contributed by atoms with Crippen LogP contribution in [0.1, 0.15) is 59.1 Å². The van der Waals surface area contributed by atoms with E-state index in [0.717, 1.165) is 69.8 Å². The maximum absolute atomic E-state index is 13.0. The Morgan fingerprint density at radius 2 is 2.19 bits per heavy atom. The fraction of sp³-hybridized carbons (Fsp3) is 0.750. The lowest BCUT2D eigenvalue weighted by Gasteiger charge is -2.43. The number of piperidine rings is 1. The van der Waals surface area contributed by atoms with E-state index in [1.165, 1.54) is 16.9 Å². The third kappa shape index (κ3) is 3.21. The highest BCUT2D eigenvalue weighted by Crippen LogP contribution is 2.45. The molecular formula is C20H30N2O3S. The highest BCUT2D eigenvalue weighted by molar-refractivity contribution is 7.14. The van der Waals surface area contributed by atoms with Crippen molar-refractivity contribution in [1.82, 2.24) is 9.80 Å². The number of hydrogen-bond acceptors (Lipinski definition) is 5. The molecule has 3 aliphatic rings. The van der Waals surface area contributed by atoms with E-state index in [-0.39, 0.29) is 24.2 Å². The molecule has 26 heavy (non-hydrogen) atoms. The number of aliphatic hydroxyl groups excluding tert-OH is 1. The van der Waals surface area contributed by atoms with Crippen molar-refractivity contribution in [2.75, 3.05) is 39.4 Å². The minimum absolute atomic E-state index is 0.0101. The Hall–Kier alpha value is -0.950. The van der Waals surface area contributed by atoms with Gasteiger partial charge in [-0.25, -0.2) is 0 Å². The zero-order valence-electron chi connectivity index (χ0n) is 15.7. The first-order chi connectivity index (χ1) is 12.7. The SMILES string of the molecule is CCCN1CCC2(CC1)OCCc1cc(C(=O)N3CCC[C@H]3CO)sc12.